The van der Waals surface area contributed by atoms with Crippen LogP contribution in [0.1, 0.15) is 32.3 Å². The summed E-state index contributed by atoms with van der Waals surface area (Å²) in [4.78, 5) is 0. The molecule has 78 valence electrons. The van der Waals surface area contributed by atoms with E-state index >= 15 is 0 Å². The van der Waals surface area contributed by atoms with E-state index in [0.29, 0.717) is 0 Å². The molecule has 0 aliphatic carbocycles. The second-order valence-corrected chi connectivity index (χ2v) is 3.14. The molecule has 0 radical (unpaired) electrons. The molecule has 1 aromatic rings. The highest BCUT2D eigenvalue weighted by Crippen LogP contribution is 2.06. The van der Waals surface area contributed by atoms with Crippen LogP contribution in [0, 0.1) is 5.82 Å². The SMILES string of the molecule is C=CC.CCCCc1ccc(F)cc1. The Bertz CT molecular complexity index is 236. The first kappa shape index (κ1) is 12.9. The van der Waals surface area contributed by atoms with E-state index in [2.05, 4.69) is 13.5 Å². The molecule has 1 heteroatoms. The van der Waals surface area contributed by atoms with Crippen LogP contribution in [0.25, 0.3) is 0 Å². The fourth-order valence-corrected chi connectivity index (χ4v) is 1.03. The lowest BCUT2D eigenvalue weighted by Gasteiger charge is -1.97. The molecule has 1 aromatic carbocycles. The van der Waals surface area contributed by atoms with E-state index in [1.165, 1.54) is 30.5 Å². The van der Waals surface area contributed by atoms with Crippen LogP contribution < -0.4 is 0 Å². The Kier molecular flexibility index (Phi) is 7.81. The molecular formula is C13H19F. The van der Waals surface area contributed by atoms with Gasteiger partial charge < -0.3 is 0 Å². The van der Waals surface area contributed by atoms with Crippen molar-refractivity contribution in [2.75, 3.05) is 0 Å². The maximum Gasteiger partial charge on any atom is 0.123 e. The van der Waals surface area contributed by atoms with Gasteiger partial charge in [-0.2, -0.15) is 0 Å². The van der Waals surface area contributed by atoms with Crippen molar-refractivity contribution in [1.82, 2.24) is 0 Å². The lowest BCUT2D eigenvalue weighted by Crippen LogP contribution is -1.83. The first-order valence-corrected chi connectivity index (χ1v) is 5.06. The molecule has 0 aliphatic rings. The number of benzene rings is 1. The van der Waals surface area contributed by atoms with Crippen molar-refractivity contribution in [1.29, 1.82) is 0 Å². The van der Waals surface area contributed by atoms with Gasteiger partial charge in [-0.3, -0.25) is 0 Å². The number of rotatable bonds is 3. The highest BCUT2D eigenvalue weighted by molar-refractivity contribution is 5.15. The maximum absolute atomic E-state index is 12.4. The first-order chi connectivity index (χ1) is 6.74. The Morgan fingerprint density at radius 3 is 2.21 bits per heavy atom. The molecule has 1 rings (SSSR count). The normalized spacial score (nSPS) is 8.79. The smallest absolute Gasteiger partial charge is 0.123 e. The summed E-state index contributed by atoms with van der Waals surface area (Å²) in [6.07, 6.45) is 5.19. The van der Waals surface area contributed by atoms with Gasteiger partial charge in [0.25, 0.3) is 0 Å². The summed E-state index contributed by atoms with van der Waals surface area (Å²) < 4.78 is 12.4. The lowest BCUT2D eigenvalue weighted by molar-refractivity contribution is 0.626. The maximum atomic E-state index is 12.4. The summed E-state index contributed by atoms with van der Waals surface area (Å²) in [5.74, 6) is -0.148. The van der Waals surface area contributed by atoms with Crippen LogP contribution >= 0.6 is 0 Å². The Morgan fingerprint density at radius 2 is 1.79 bits per heavy atom. The van der Waals surface area contributed by atoms with E-state index in [0.717, 1.165) is 6.42 Å². The quantitative estimate of drug-likeness (QED) is 0.627. The molecule has 14 heavy (non-hydrogen) atoms. The van der Waals surface area contributed by atoms with Gasteiger partial charge in [-0.1, -0.05) is 31.6 Å². The summed E-state index contributed by atoms with van der Waals surface area (Å²) in [6.45, 7) is 7.41. The molecule has 0 saturated heterocycles. The number of aryl methyl sites for hydroxylation is 1. The molecule has 0 spiro atoms. The fourth-order valence-electron chi connectivity index (χ4n) is 1.03. The zero-order valence-electron chi connectivity index (χ0n) is 9.09. The van der Waals surface area contributed by atoms with Crippen molar-refractivity contribution < 1.29 is 4.39 Å². The number of halogens is 1. The summed E-state index contributed by atoms with van der Waals surface area (Å²) in [5.41, 5.74) is 1.23. The average Bonchev–Trinajstić information content (AvgIpc) is 2.18. The van der Waals surface area contributed by atoms with Crippen LogP contribution in [0.3, 0.4) is 0 Å². The van der Waals surface area contributed by atoms with Gasteiger partial charge in [-0.25, -0.2) is 4.39 Å². The minimum Gasteiger partial charge on any atom is -0.207 e. The third-order valence-corrected chi connectivity index (χ3v) is 1.73. The van der Waals surface area contributed by atoms with E-state index in [9.17, 15) is 4.39 Å². The summed E-state index contributed by atoms with van der Waals surface area (Å²) in [7, 11) is 0. The number of unbranched alkanes of at least 4 members (excludes halogenated alkanes) is 1. The monoisotopic (exact) mass is 194 g/mol. The standard InChI is InChI=1S/C10H13F.C3H6/c1-2-3-4-9-5-7-10(11)8-6-9;1-3-2/h5-8H,2-4H2,1H3;3H,1H2,2H3. The zero-order chi connectivity index (χ0) is 10.8. The van der Waals surface area contributed by atoms with Gasteiger partial charge in [0, 0.05) is 0 Å². The van der Waals surface area contributed by atoms with E-state index in [-0.39, 0.29) is 5.82 Å². The van der Waals surface area contributed by atoms with Crippen LogP contribution in [0.15, 0.2) is 36.9 Å². The van der Waals surface area contributed by atoms with E-state index in [1.807, 2.05) is 19.1 Å². The molecule has 0 amide bonds. The highest BCUT2D eigenvalue weighted by Gasteiger charge is 1.91. The minimum absolute atomic E-state index is 0.148. The summed E-state index contributed by atoms with van der Waals surface area (Å²) in [6, 6.07) is 6.74. The van der Waals surface area contributed by atoms with Crippen molar-refractivity contribution in [3.8, 4) is 0 Å². The third kappa shape index (κ3) is 6.41. The molecule has 0 aliphatic heterocycles. The summed E-state index contributed by atoms with van der Waals surface area (Å²) >= 11 is 0. The number of allylic oxidation sites excluding steroid dienone is 1. The Labute approximate surface area is 86.5 Å². The second kappa shape index (κ2) is 8.49. The Hall–Kier alpha value is -1.11. The van der Waals surface area contributed by atoms with Crippen molar-refractivity contribution in [3.05, 3.63) is 48.3 Å². The van der Waals surface area contributed by atoms with Crippen LogP contribution in [0.4, 0.5) is 4.39 Å². The molecule has 0 atom stereocenters. The van der Waals surface area contributed by atoms with Crippen LogP contribution in [0.5, 0.6) is 0 Å². The van der Waals surface area contributed by atoms with Gasteiger partial charge >= 0.3 is 0 Å². The highest BCUT2D eigenvalue weighted by atomic mass is 19.1. The zero-order valence-corrected chi connectivity index (χ0v) is 9.09. The van der Waals surface area contributed by atoms with Gasteiger partial charge in [-0.15, -0.1) is 6.58 Å². The Balaban J connectivity index is 0.000000500. The average molecular weight is 194 g/mol. The van der Waals surface area contributed by atoms with Gasteiger partial charge in [0.15, 0.2) is 0 Å². The molecule has 0 unspecified atom stereocenters. The lowest BCUT2D eigenvalue weighted by atomic mass is 10.1. The molecule has 0 bridgehead atoms. The fraction of sp³-hybridized carbons (Fsp3) is 0.385. The second-order valence-electron chi connectivity index (χ2n) is 3.14. The van der Waals surface area contributed by atoms with Crippen molar-refractivity contribution in [3.63, 3.8) is 0 Å². The van der Waals surface area contributed by atoms with Gasteiger partial charge in [-0.05, 0) is 37.5 Å². The molecule has 0 aromatic heterocycles. The molecule has 0 heterocycles. The van der Waals surface area contributed by atoms with E-state index in [4.69, 9.17) is 0 Å². The molecule has 0 fully saturated rings. The molecule has 0 nitrogen and oxygen atoms in total. The number of hydrogen-bond acceptors (Lipinski definition) is 0. The van der Waals surface area contributed by atoms with Gasteiger partial charge in [0.2, 0.25) is 0 Å². The molecule has 0 N–H and O–H groups in total. The van der Waals surface area contributed by atoms with Crippen LogP contribution in [0.2, 0.25) is 0 Å². The topological polar surface area (TPSA) is 0 Å². The number of hydrogen-bond donors (Lipinski definition) is 0. The molecular weight excluding hydrogens is 175 g/mol. The van der Waals surface area contributed by atoms with E-state index < -0.39 is 0 Å². The first-order valence-electron chi connectivity index (χ1n) is 5.06. The summed E-state index contributed by atoms with van der Waals surface area (Å²) in [5, 5.41) is 0. The van der Waals surface area contributed by atoms with Crippen LogP contribution in [-0.4, -0.2) is 0 Å². The van der Waals surface area contributed by atoms with Crippen LogP contribution in [-0.2, 0) is 6.42 Å². The van der Waals surface area contributed by atoms with Gasteiger partial charge in [0.1, 0.15) is 5.82 Å². The predicted octanol–water partition coefficient (Wildman–Crippen LogP) is 4.36. The molecule has 0 saturated carbocycles. The largest absolute Gasteiger partial charge is 0.207 e. The van der Waals surface area contributed by atoms with Crippen molar-refractivity contribution in [2.24, 2.45) is 0 Å². The van der Waals surface area contributed by atoms with Crippen molar-refractivity contribution >= 4 is 0 Å². The van der Waals surface area contributed by atoms with Gasteiger partial charge in [0.05, 0.1) is 0 Å². The Morgan fingerprint density at radius 1 is 1.29 bits per heavy atom. The predicted molar refractivity (Wildman–Crippen MR) is 60.9 cm³/mol. The minimum atomic E-state index is -0.148. The van der Waals surface area contributed by atoms with E-state index in [1.54, 1.807) is 6.08 Å². The third-order valence-electron chi connectivity index (χ3n) is 1.73. The van der Waals surface area contributed by atoms with Crippen molar-refractivity contribution in [2.45, 2.75) is 33.1 Å².